The molecule has 0 aliphatic rings. The summed E-state index contributed by atoms with van der Waals surface area (Å²) in [5, 5.41) is 7.48. The molecule has 0 atom stereocenters. The third-order valence-corrected chi connectivity index (χ3v) is 4.47. The zero-order chi connectivity index (χ0) is 20.1. The van der Waals surface area contributed by atoms with Gasteiger partial charge in [-0.05, 0) is 68.7 Å². The van der Waals surface area contributed by atoms with Crippen molar-refractivity contribution >= 4 is 11.6 Å². The average Bonchev–Trinajstić information content (AvgIpc) is 2.99. The van der Waals surface area contributed by atoms with Gasteiger partial charge in [-0.2, -0.15) is 5.10 Å². The maximum atomic E-state index is 12.8. The van der Waals surface area contributed by atoms with Crippen molar-refractivity contribution in [3.05, 3.63) is 76.6 Å². The minimum atomic E-state index is -0.152. The molecule has 146 valence electrons. The number of hydrogen-bond acceptors (Lipinski definition) is 3. The SMILES string of the molecule is CCCOc1cc(C)ccc1NC(=O)c1cccc(Cn2nc(C)cc2C)c1. The number of aromatic nitrogens is 2. The van der Waals surface area contributed by atoms with Crippen molar-refractivity contribution in [3.63, 3.8) is 0 Å². The monoisotopic (exact) mass is 377 g/mol. The summed E-state index contributed by atoms with van der Waals surface area (Å²) >= 11 is 0. The quantitative estimate of drug-likeness (QED) is 0.637. The first-order valence-corrected chi connectivity index (χ1v) is 9.61. The Hall–Kier alpha value is -3.08. The zero-order valence-corrected chi connectivity index (χ0v) is 17.0. The Morgan fingerprint density at radius 3 is 2.64 bits per heavy atom. The maximum absolute atomic E-state index is 12.8. The second-order valence-electron chi connectivity index (χ2n) is 7.09. The van der Waals surface area contributed by atoms with Crippen LogP contribution in [0.2, 0.25) is 0 Å². The number of carbonyl (C=O) groups excluding carboxylic acids is 1. The minimum absolute atomic E-state index is 0.152. The van der Waals surface area contributed by atoms with E-state index in [4.69, 9.17) is 4.74 Å². The fraction of sp³-hybridized carbons (Fsp3) is 0.304. The molecule has 0 aliphatic heterocycles. The van der Waals surface area contributed by atoms with Gasteiger partial charge in [0.1, 0.15) is 5.75 Å². The van der Waals surface area contributed by atoms with Gasteiger partial charge in [0.2, 0.25) is 0 Å². The van der Waals surface area contributed by atoms with E-state index in [1.165, 1.54) is 0 Å². The van der Waals surface area contributed by atoms with Gasteiger partial charge in [0.15, 0.2) is 0 Å². The highest BCUT2D eigenvalue weighted by Gasteiger charge is 2.12. The number of rotatable bonds is 7. The highest BCUT2D eigenvalue weighted by Crippen LogP contribution is 2.26. The summed E-state index contributed by atoms with van der Waals surface area (Å²) in [7, 11) is 0. The number of hydrogen-bond donors (Lipinski definition) is 1. The van der Waals surface area contributed by atoms with Crippen LogP contribution in [0.15, 0.2) is 48.5 Å². The zero-order valence-electron chi connectivity index (χ0n) is 17.0. The molecule has 0 aliphatic carbocycles. The molecule has 28 heavy (non-hydrogen) atoms. The molecule has 5 heteroatoms. The lowest BCUT2D eigenvalue weighted by atomic mass is 10.1. The molecule has 0 spiro atoms. The lowest BCUT2D eigenvalue weighted by Gasteiger charge is -2.13. The van der Waals surface area contributed by atoms with Crippen molar-refractivity contribution in [2.75, 3.05) is 11.9 Å². The number of aryl methyl sites for hydroxylation is 3. The highest BCUT2D eigenvalue weighted by atomic mass is 16.5. The highest BCUT2D eigenvalue weighted by molar-refractivity contribution is 6.05. The summed E-state index contributed by atoms with van der Waals surface area (Å²) in [4.78, 5) is 12.8. The Kier molecular flexibility index (Phi) is 6.14. The molecule has 3 aromatic rings. The second kappa shape index (κ2) is 8.74. The predicted octanol–water partition coefficient (Wildman–Crippen LogP) is 4.90. The molecule has 0 radical (unpaired) electrons. The molecule has 1 aromatic heterocycles. The van der Waals surface area contributed by atoms with Crippen LogP contribution >= 0.6 is 0 Å². The normalized spacial score (nSPS) is 10.7. The fourth-order valence-corrected chi connectivity index (χ4v) is 3.08. The van der Waals surface area contributed by atoms with Gasteiger partial charge in [0, 0.05) is 11.3 Å². The molecule has 3 rings (SSSR count). The standard InChI is InChI=1S/C23H27N3O2/c1-5-11-28-22-12-16(2)9-10-21(22)24-23(27)20-8-6-7-19(14-20)15-26-18(4)13-17(3)25-26/h6-10,12-14H,5,11,15H2,1-4H3,(H,24,27). The lowest BCUT2D eigenvalue weighted by Crippen LogP contribution is -2.14. The van der Waals surface area contributed by atoms with Crippen molar-refractivity contribution < 1.29 is 9.53 Å². The number of ether oxygens (including phenoxy) is 1. The Balaban J connectivity index is 1.77. The van der Waals surface area contributed by atoms with Crippen molar-refractivity contribution in [1.82, 2.24) is 9.78 Å². The fourth-order valence-electron chi connectivity index (χ4n) is 3.08. The number of amides is 1. The molecule has 0 saturated carbocycles. The second-order valence-corrected chi connectivity index (χ2v) is 7.09. The van der Waals surface area contributed by atoms with E-state index in [0.29, 0.717) is 30.2 Å². The smallest absolute Gasteiger partial charge is 0.255 e. The largest absolute Gasteiger partial charge is 0.491 e. The number of anilines is 1. The Morgan fingerprint density at radius 2 is 1.93 bits per heavy atom. The van der Waals surface area contributed by atoms with Crippen LogP contribution in [0.25, 0.3) is 0 Å². The van der Waals surface area contributed by atoms with Crippen LogP contribution in [-0.2, 0) is 6.54 Å². The number of nitrogens with zero attached hydrogens (tertiary/aromatic N) is 2. The number of benzene rings is 2. The van der Waals surface area contributed by atoms with Gasteiger partial charge in [-0.3, -0.25) is 9.48 Å². The van der Waals surface area contributed by atoms with E-state index in [1.54, 1.807) is 0 Å². The number of carbonyl (C=O) groups is 1. The first-order valence-electron chi connectivity index (χ1n) is 9.61. The van der Waals surface area contributed by atoms with Crippen molar-refractivity contribution in [3.8, 4) is 5.75 Å². The van der Waals surface area contributed by atoms with Crippen LogP contribution < -0.4 is 10.1 Å². The molecule has 1 heterocycles. The van der Waals surface area contributed by atoms with E-state index in [2.05, 4.69) is 17.3 Å². The Labute approximate surface area is 166 Å². The molecule has 0 fully saturated rings. The van der Waals surface area contributed by atoms with E-state index in [9.17, 15) is 4.79 Å². The van der Waals surface area contributed by atoms with Crippen LogP contribution in [0.5, 0.6) is 5.75 Å². The van der Waals surface area contributed by atoms with Crippen LogP contribution in [0.1, 0.15) is 46.2 Å². The third-order valence-electron chi connectivity index (χ3n) is 4.47. The molecule has 0 unspecified atom stereocenters. The van der Waals surface area contributed by atoms with Gasteiger partial charge in [0.25, 0.3) is 5.91 Å². The molecule has 1 amide bonds. The summed E-state index contributed by atoms with van der Waals surface area (Å²) in [6, 6.07) is 15.5. The third kappa shape index (κ3) is 4.80. The van der Waals surface area contributed by atoms with E-state index in [0.717, 1.165) is 28.9 Å². The lowest BCUT2D eigenvalue weighted by molar-refractivity contribution is 0.102. The van der Waals surface area contributed by atoms with E-state index >= 15 is 0 Å². The van der Waals surface area contributed by atoms with Gasteiger partial charge in [-0.1, -0.05) is 25.1 Å². The van der Waals surface area contributed by atoms with Crippen molar-refractivity contribution in [1.29, 1.82) is 0 Å². The van der Waals surface area contributed by atoms with Gasteiger partial charge in [0.05, 0.1) is 24.5 Å². The first-order chi connectivity index (χ1) is 13.5. The van der Waals surface area contributed by atoms with Crippen LogP contribution in [0.4, 0.5) is 5.69 Å². The Morgan fingerprint density at radius 1 is 1.11 bits per heavy atom. The van der Waals surface area contributed by atoms with E-state index in [1.807, 2.05) is 74.0 Å². The molecule has 1 N–H and O–H groups in total. The first kappa shape index (κ1) is 19.7. The van der Waals surface area contributed by atoms with Crippen LogP contribution in [-0.4, -0.2) is 22.3 Å². The van der Waals surface area contributed by atoms with Gasteiger partial charge < -0.3 is 10.1 Å². The molecule has 0 bridgehead atoms. The van der Waals surface area contributed by atoms with Crippen LogP contribution in [0.3, 0.4) is 0 Å². The predicted molar refractivity (Wildman–Crippen MR) is 112 cm³/mol. The summed E-state index contributed by atoms with van der Waals surface area (Å²) in [6.07, 6.45) is 0.912. The molecule has 5 nitrogen and oxygen atoms in total. The topological polar surface area (TPSA) is 56.1 Å². The van der Waals surface area contributed by atoms with E-state index in [-0.39, 0.29) is 5.91 Å². The minimum Gasteiger partial charge on any atom is -0.491 e. The summed E-state index contributed by atoms with van der Waals surface area (Å²) in [5.41, 5.74) is 5.52. The van der Waals surface area contributed by atoms with Gasteiger partial charge >= 0.3 is 0 Å². The number of nitrogens with one attached hydrogen (secondary N) is 1. The Bertz CT molecular complexity index is 976. The van der Waals surface area contributed by atoms with Crippen molar-refractivity contribution in [2.45, 2.75) is 40.7 Å². The summed E-state index contributed by atoms with van der Waals surface area (Å²) in [5.74, 6) is 0.550. The maximum Gasteiger partial charge on any atom is 0.255 e. The summed E-state index contributed by atoms with van der Waals surface area (Å²) < 4.78 is 7.74. The van der Waals surface area contributed by atoms with Crippen molar-refractivity contribution in [2.24, 2.45) is 0 Å². The van der Waals surface area contributed by atoms with Gasteiger partial charge in [-0.25, -0.2) is 0 Å². The molecule has 0 saturated heterocycles. The van der Waals surface area contributed by atoms with Gasteiger partial charge in [-0.15, -0.1) is 0 Å². The van der Waals surface area contributed by atoms with E-state index < -0.39 is 0 Å². The summed E-state index contributed by atoms with van der Waals surface area (Å²) in [6.45, 7) is 9.33. The molecular formula is C23H27N3O2. The average molecular weight is 377 g/mol. The van der Waals surface area contributed by atoms with Crippen LogP contribution in [0, 0.1) is 20.8 Å². The molecular weight excluding hydrogens is 350 g/mol. The molecule has 2 aromatic carbocycles.